The summed E-state index contributed by atoms with van der Waals surface area (Å²) in [5, 5.41) is 11.5. The van der Waals surface area contributed by atoms with E-state index in [0.717, 1.165) is 16.3 Å². The number of carbonyl (C=O) groups excluding carboxylic acids is 1. The van der Waals surface area contributed by atoms with E-state index in [-0.39, 0.29) is 11.9 Å². The lowest BCUT2D eigenvalue weighted by Gasteiger charge is -2.21. The highest BCUT2D eigenvalue weighted by atomic mass is 16.1. The van der Waals surface area contributed by atoms with Gasteiger partial charge in [0, 0.05) is 12.4 Å². The molecule has 1 unspecified atom stereocenters. The standard InChI is InChI=1S/C19H17N5O/c25-18(22-19-20-13-21-23-19)12-17(24-10-3-4-11-24)16-9-5-7-14-6-1-2-8-15(14)16/h1-11,13,17H,12H2,(H2,20,21,22,23,25). The largest absolute Gasteiger partial charge is 0.346 e. The number of anilines is 1. The highest BCUT2D eigenvalue weighted by Crippen LogP contribution is 2.29. The van der Waals surface area contributed by atoms with Crippen LogP contribution in [0.3, 0.4) is 0 Å². The molecule has 0 fully saturated rings. The molecule has 1 amide bonds. The zero-order valence-electron chi connectivity index (χ0n) is 13.5. The summed E-state index contributed by atoms with van der Waals surface area (Å²) in [6.45, 7) is 0. The van der Waals surface area contributed by atoms with E-state index in [2.05, 4.69) is 49.3 Å². The van der Waals surface area contributed by atoms with Crippen molar-refractivity contribution in [3.05, 3.63) is 78.9 Å². The molecule has 0 radical (unpaired) electrons. The lowest BCUT2D eigenvalue weighted by atomic mass is 9.96. The maximum Gasteiger partial charge on any atom is 0.229 e. The zero-order chi connectivity index (χ0) is 17.1. The lowest BCUT2D eigenvalue weighted by Crippen LogP contribution is -2.20. The van der Waals surface area contributed by atoms with Gasteiger partial charge in [-0.2, -0.15) is 10.1 Å². The smallest absolute Gasteiger partial charge is 0.229 e. The number of nitrogens with one attached hydrogen (secondary N) is 2. The van der Waals surface area contributed by atoms with Gasteiger partial charge < -0.3 is 4.57 Å². The van der Waals surface area contributed by atoms with Gasteiger partial charge in [0.1, 0.15) is 6.33 Å². The number of carbonyl (C=O) groups is 1. The van der Waals surface area contributed by atoms with Crippen LogP contribution < -0.4 is 5.32 Å². The molecule has 4 rings (SSSR count). The van der Waals surface area contributed by atoms with Crippen molar-refractivity contribution in [2.24, 2.45) is 0 Å². The van der Waals surface area contributed by atoms with Gasteiger partial charge in [-0.1, -0.05) is 42.5 Å². The number of benzene rings is 2. The molecule has 0 aliphatic rings. The van der Waals surface area contributed by atoms with Crippen LogP contribution in [0.5, 0.6) is 0 Å². The van der Waals surface area contributed by atoms with Crippen molar-refractivity contribution in [3.63, 3.8) is 0 Å². The third kappa shape index (κ3) is 3.14. The summed E-state index contributed by atoms with van der Waals surface area (Å²) < 4.78 is 2.06. The number of nitrogens with zero attached hydrogens (tertiary/aromatic N) is 3. The quantitative estimate of drug-likeness (QED) is 0.589. The molecule has 0 aliphatic carbocycles. The minimum absolute atomic E-state index is 0.107. The topological polar surface area (TPSA) is 75.6 Å². The monoisotopic (exact) mass is 331 g/mol. The van der Waals surface area contributed by atoms with E-state index in [1.807, 2.05) is 42.7 Å². The fraction of sp³-hybridized carbons (Fsp3) is 0.105. The second-order valence-corrected chi connectivity index (χ2v) is 5.80. The van der Waals surface area contributed by atoms with Crippen molar-refractivity contribution >= 4 is 22.6 Å². The van der Waals surface area contributed by atoms with Crippen molar-refractivity contribution in [2.45, 2.75) is 12.5 Å². The van der Waals surface area contributed by atoms with E-state index in [1.54, 1.807) is 0 Å². The SMILES string of the molecule is O=C(CC(c1cccc2ccccc12)n1cccc1)Nc1ncn[nH]1. The first kappa shape index (κ1) is 15.1. The molecule has 25 heavy (non-hydrogen) atoms. The molecule has 2 N–H and O–H groups in total. The van der Waals surface area contributed by atoms with Crippen LogP contribution in [0, 0.1) is 0 Å². The van der Waals surface area contributed by atoms with Gasteiger partial charge in [0.15, 0.2) is 0 Å². The van der Waals surface area contributed by atoms with Gasteiger partial charge in [0.05, 0.1) is 12.5 Å². The number of aromatic amines is 1. The summed E-state index contributed by atoms with van der Waals surface area (Å²) in [5.41, 5.74) is 1.11. The minimum atomic E-state index is -0.122. The molecule has 0 bridgehead atoms. The van der Waals surface area contributed by atoms with E-state index in [4.69, 9.17) is 0 Å². The van der Waals surface area contributed by atoms with Crippen LogP contribution in [0.25, 0.3) is 10.8 Å². The second-order valence-electron chi connectivity index (χ2n) is 5.80. The van der Waals surface area contributed by atoms with E-state index < -0.39 is 0 Å². The number of hydrogen-bond acceptors (Lipinski definition) is 3. The van der Waals surface area contributed by atoms with Crippen LogP contribution in [0.1, 0.15) is 18.0 Å². The Kier molecular flexibility index (Phi) is 4.00. The first-order chi connectivity index (χ1) is 12.3. The Hall–Kier alpha value is -3.41. The Balaban J connectivity index is 1.70. The third-order valence-corrected chi connectivity index (χ3v) is 4.22. The molecule has 0 spiro atoms. The van der Waals surface area contributed by atoms with Crippen LogP contribution in [0.4, 0.5) is 5.95 Å². The van der Waals surface area contributed by atoms with Gasteiger partial charge in [-0.25, -0.2) is 5.10 Å². The molecule has 124 valence electrons. The number of fused-ring (bicyclic) bond motifs is 1. The molecule has 2 aromatic heterocycles. The van der Waals surface area contributed by atoms with Gasteiger partial charge in [-0.3, -0.25) is 10.1 Å². The molecule has 1 atom stereocenters. The van der Waals surface area contributed by atoms with Crippen molar-refractivity contribution < 1.29 is 4.79 Å². The highest BCUT2D eigenvalue weighted by molar-refractivity contribution is 5.91. The summed E-state index contributed by atoms with van der Waals surface area (Å²) in [6, 6.07) is 18.2. The Morgan fingerprint density at radius 2 is 1.88 bits per heavy atom. The maximum absolute atomic E-state index is 12.5. The van der Waals surface area contributed by atoms with Gasteiger partial charge in [-0.15, -0.1) is 0 Å². The summed E-state index contributed by atoms with van der Waals surface area (Å²) in [6.07, 6.45) is 5.62. The number of amides is 1. The summed E-state index contributed by atoms with van der Waals surface area (Å²) >= 11 is 0. The third-order valence-electron chi connectivity index (χ3n) is 4.22. The molecule has 0 saturated heterocycles. The van der Waals surface area contributed by atoms with Crippen LogP contribution in [-0.4, -0.2) is 25.7 Å². The molecule has 6 heteroatoms. The molecular formula is C19H17N5O. The van der Waals surface area contributed by atoms with Crippen LogP contribution in [0.15, 0.2) is 73.3 Å². The van der Waals surface area contributed by atoms with Crippen LogP contribution >= 0.6 is 0 Å². The fourth-order valence-corrected chi connectivity index (χ4v) is 3.10. The van der Waals surface area contributed by atoms with Gasteiger partial charge in [0.25, 0.3) is 0 Å². The summed E-state index contributed by atoms with van der Waals surface area (Å²) in [5.74, 6) is 0.234. The molecule has 0 saturated carbocycles. The average Bonchev–Trinajstić information content (AvgIpc) is 3.33. The zero-order valence-corrected chi connectivity index (χ0v) is 13.5. The lowest BCUT2D eigenvalue weighted by molar-refractivity contribution is -0.116. The Morgan fingerprint density at radius 3 is 2.68 bits per heavy atom. The van der Waals surface area contributed by atoms with Crippen molar-refractivity contribution in [1.29, 1.82) is 0 Å². The van der Waals surface area contributed by atoms with E-state index in [0.29, 0.717) is 12.4 Å². The highest BCUT2D eigenvalue weighted by Gasteiger charge is 2.20. The number of rotatable bonds is 5. The molecule has 4 aromatic rings. The fourth-order valence-electron chi connectivity index (χ4n) is 3.10. The normalized spacial score (nSPS) is 12.2. The van der Waals surface area contributed by atoms with Gasteiger partial charge in [-0.05, 0) is 28.5 Å². The Morgan fingerprint density at radius 1 is 1.08 bits per heavy atom. The molecule has 2 aromatic carbocycles. The molecular weight excluding hydrogens is 314 g/mol. The predicted octanol–water partition coefficient (Wildman–Crippen LogP) is 3.38. The van der Waals surface area contributed by atoms with Gasteiger partial charge in [0.2, 0.25) is 11.9 Å². The summed E-state index contributed by atoms with van der Waals surface area (Å²) in [7, 11) is 0. The minimum Gasteiger partial charge on any atom is -0.346 e. The first-order valence-electron chi connectivity index (χ1n) is 8.06. The second kappa shape index (κ2) is 6.60. The van der Waals surface area contributed by atoms with Crippen LogP contribution in [-0.2, 0) is 4.79 Å². The first-order valence-corrected chi connectivity index (χ1v) is 8.06. The van der Waals surface area contributed by atoms with Gasteiger partial charge >= 0.3 is 0 Å². The van der Waals surface area contributed by atoms with E-state index in [9.17, 15) is 4.79 Å². The van der Waals surface area contributed by atoms with Crippen molar-refractivity contribution in [1.82, 2.24) is 19.7 Å². The summed E-state index contributed by atoms with van der Waals surface area (Å²) in [4.78, 5) is 16.5. The van der Waals surface area contributed by atoms with E-state index in [1.165, 1.54) is 6.33 Å². The van der Waals surface area contributed by atoms with Crippen molar-refractivity contribution in [3.8, 4) is 0 Å². The maximum atomic E-state index is 12.5. The molecule has 6 nitrogen and oxygen atoms in total. The molecule has 0 aliphatic heterocycles. The van der Waals surface area contributed by atoms with Crippen molar-refractivity contribution in [2.75, 3.05) is 5.32 Å². The number of hydrogen-bond donors (Lipinski definition) is 2. The average molecular weight is 331 g/mol. The van der Waals surface area contributed by atoms with Crippen LogP contribution in [0.2, 0.25) is 0 Å². The van der Waals surface area contributed by atoms with E-state index >= 15 is 0 Å². The predicted molar refractivity (Wildman–Crippen MR) is 96.1 cm³/mol. The number of aromatic nitrogens is 4. The molecule has 2 heterocycles. The number of H-pyrrole nitrogens is 1. The Bertz CT molecular complexity index is 971. The Labute approximate surface area is 144 Å².